The molecule has 5 nitrogen and oxygen atoms in total. The summed E-state index contributed by atoms with van der Waals surface area (Å²) in [5, 5.41) is 11.9. The molecule has 1 aromatic rings. The first-order chi connectivity index (χ1) is 7.71. The molecule has 0 heterocycles. The van der Waals surface area contributed by atoms with Gasteiger partial charge in [-0.2, -0.15) is 0 Å². The van der Waals surface area contributed by atoms with Gasteiger partial charge in [-0.25, -0.2) is 0 Å². The highest BCUT2D eigenvalue weighted by atomic mass is 16.5. The predicted octanol–water partition coefficient (Wildman–Crippen LogP) is 0.435. The molecule has 0 fully saturated rings. The van der Waals surface area contributed by atoms with Crippen LogP contribution in [-0.2, 0) is 0 Å². The van der Waals surface area contributed by atoms with Crippen LogP contribution in [0.25, 0.3) is 0 Å². The molecule has 4 N–H and O–H groups in total. The maximum atomic E-state index is 8.79. The monoisotopic (exact) mass is 226 g/mol. The Balaban J connectivity index is 2.67. The fraction of sp³-hybridized carbons (Fsp3) is 0.455. The van der Waals surface area contributed by atoms with Crippen molar-refractivity contribution in [2.24, 2.45) is 5.73 Å². The van der Waals surface area contributed by atoms with Gasteiger partial charge in [0.05, 0.1) is 20.8 Å². The van der Waals surface area contributed by atoms with E-state index in [4.69, 9.17) is 20.3 Å². The summed E-state index contributed by atoms with van der Waals surface area (Å²) in [6, 6.07) is 5.23. The molecule has 0 aliphatic heterocycles. The van der Waals surface area contributed by atoms with Gasteiger partial charge in [-0.1, -0.05) is 0 Å². The molecule has 0 radical (unpaired) electrons. The van der Waals surface area contributed by atoms with Crippen LogP contribution >= 0.6 is 0 Å². The van der Waals surface area contributed by atoms with Crippen molar-refractivity contribution in [3.63, 3.8) is 0 Å². The van der Waals surface area contributed by atoms with Crippen molar-refractivity contribution in [1.82, 2.24) is 0 Å². The van der Waals surface area contributed by atoms with Gasteiger partial charge >= 0.3 is 0 Å². The van der Waals surface area contributed by atoms with Gasteiger partial charge < -0.3 is 25.6 Å². The number of ether oxygens (including phenoxy) is 2. The Labute approximate surface area is 95.2 Å². The molecular weight excluding hydrogens is 208 g/mol. The van der Waals surface area contributed by atoms with Crippen LogP contribution in [0, 0.1) is 0 Å². The highest BCUT2D eigenvalue weighted by Crippen LogP contribution is 2.29. The van der Waals surface area contributed by atoms with Crippen LogP contribution in [0.15, 0.2) is 18.2 Å². The Morgan fingerprint density at radius 1 is 1.31 bits per heavy atom. The first-order valence-electron chi connectivity index (χ1n) is 5.03. The van der Waals surface area contributed by atoms with Crippen molar-refractivity contribution in [2.75, 3.05) is 32.7 Å². The summed E-state index contributed by atoms with van der Waals surface area (Å²) in [5.74, 6) is 1.34. The number of methoxy groups -OCH3 is 2. The highest BCUT2D eigenvalue weighted by molar-refractivity contribution is 5.54. The predicted molar refractivity (Wildman–Crippen MR) is 63.1 cm³/mol. The Hall–Kier alpha value is -1.46. The Morgan fingerprint density at radius 2 is 2.00 bits per heavy atom. The lowest BCUT2D eigenvalue weighted by atomic mass is 10.2. The lowest BCUT2D eigenvalue weighted by Gasteiger charge is -2.13. The van der Waals surface area contributed by atoms with E-state index in [-0.39, 0.29) is 12.6 Å². The molecule has 0 saturated heterocycles. The van der Waals surface area contributed by atoms with Gasteiger partial charge in [0.15, 0.2) is 11.5 Å². The first kappa shape index (κ1) is 12.6. The van der Waals surface area contributed by atoms with E-state index < -0.39 is 0 Å². The molecule has 0 aromatic heterocycles. The van der Waals surface area contributed by atoms with Gasteiger partial charge in [0.2, 0.25) is 0 Å². The molecule has 0 amide bonds. The minimum atomic E-state index is -0.270. The topological polar surface area (TPSA) is 76.7 Å². The molecule has 0 spiro atoms. The van der Waals surface area contributed by atoms with Gasteiger partial charge in [0, 0.05) is 24.3 Å². The minimum Gasteiger partial charge on any atom is -0.493 e. The number of hydrogen-bond acceptors (Lipinski definition) is 5. The summed E-state index contributed by atoms with van der Waals surface area (Å²) in [6.45, 7) is 0.465. The second kappa shape index (κ2) is 6.19. The van der Waals surface area contributed by atoms with Crippen LogP contribution in [0.1, 0.15) is 0 Å². The number of rotatable bonds is 6. The molecule has 0 bridgehead atoms. The third kappa shape index (κ3) is 3.29. The largest absolute Gasteiger partial charge is 0.493 e. The van der Waals surface area contributed by atoms with E-state index >= 15 is 0 Å². The zero-order valence-electron chi connectivity index (χ0n) is 9.56. The van der Waals surface area contributed by atoms with Crippen LogP contribution in [-0.4, -0.2) is 38.5 Å². The number of aliphatic hydroxyl groups excluding tert-OH is 1. The third-order valence-corrected chi connectivity index (χ3v) is 2.19. The number of nitrogens with two attached hydrogens (primary N) is 1. The summed E-state index contributed by atoms with van der Waals surface area (Å²) in [7, 11) is 3.17. The number of nitrogens with one attached hydrogen (secondary N) is 1. The fourth-order valence-electron chi connectivity index (χ4n) is 1.26. The second-order valence-electron chi connectivity index (χ2n) is 3.39. The van der Waals surface area contributed by atoms with Gasteiger partial charge in [0.25, 0.3) is 0 Å². The third-order valence-electron chi connectivity index (χ3n) is 2.19. The highest BCUT2D eigenvalue weighted by Gasteiger charge is 2.05. The van der Waals surface area contributed by atoms with Crippen LogP contribution < -0.4 is 20.5 Å². The van der Waals surface area contributed by atoms with Crippen molar-refractivity contribution < 1.29 is 14.6 Å². The van der Waals surface area contributed by atoms with Crippen molar-refractivity contribution >= 4 is 5.69 Å². The first-order valence-corrected chi connectivity index (χ1v) is 5.03. The van der Waals surface area contributed by atoms with Gasteiger partial charge in [-0.15, -0.1) is 0 Å². The smallest absolute Gasteiger partial charge is 0.162 e. The molecule has 5 heteroatoms. The fourth-order valence-corrected chi connectivity index (χ4v) is 1.26. The molecule has 1 aromatic carbocycles. The van der Waals surface area contributed by atoms with E-state index in [1.165, 1.54) is 0 Å². The molecule has 0 aliphatic rings. The van der Waals surface area contributed by atoms with Crippen molar-refractivity contribution in [3.05, 3.63) is 18.2 Å². The van der Waals surface area contributed by atoms with Gasteiger partial charge in [-0.3, -0.25) is 0 Å². The minimum absolute atomic E-state index is 0.0414. The van der Waals surface area contributed by atoms with Crippen molar-refractivity contribution in [3.8, 4) is 11.5 Å². The quantitative estimate of drug-likeness (QED) is 0.656. The number of anilines is 1. The molecule has 0 saturated carbocycles. The second-order valence-corrected chi connectivity index (χ2v) is 3.39. The zero-order chi connectivity index (χ0) is 12.0. The number of hydrogen-bond donors (Lipinski definition) is 3. The molecular formula is C11H18N2O3. The van der Waals surface area contributed by atoms with E-state index in [0.29, 0.717) is 18.0 Å². The van der Waals surface area contributed by atoms with Crippen LogP contribution in [0.4, 0.5) is 5.69 Å². The van der Waals surface area contributed by atoms with Gasteiger partial charge in [-0.05, 0) is 12.1 Å². The molecule has 1 unspecified atom stereocenters. The van der Waals surface area contributed by atoms with E-state index in [0.717, 1.165) is 5.69 Å². The van der Waals surface area contributed by atoms with Crippen LogP contribution in [0.5, 0.6) is 11.5 Å². The van der Waals surface area contributed by atoms with Crippen molar-refractivity contribution in [1.29, 1.82) is 0 Å². The lowest BCUT2D eigenvalue weighted by molar-refractivity contribution is 0.270. The van der Waals surface area contributed by atoms with Crippen LogP contribution in [0.3, 0.4) is 0 Å². The molecule has 1 rings (SSSR count). The molecule has 0 aliphatic carbocycles. The summed E-state index contributed by atoms with van der Waals surface area (Å²) >= 11 is 0. The molecule has 1 atom stereocenters. The Bertz CT molecular complexity index is 331. The normalized spacial score (nSPS) is 12.0. The van der Waals surface area contributed by atoms with E-state index in [1.807, 2.05) is 18.2 Å². The average molecular weight is 226 g/mol. The van der Waals surface area contributed by atoms with Crippen LogP contribution in [0.2, 0.25) is 0 Å². The Kier molecular flexibility index (Phi) is 4.88. The lowest BCUT2D eigenvalue weighted by Crippen LogP contribution is -2.32. The maximum Gasteiger partial charge on any atom is 0.162 e. The van der Waals surface area contributed by atoms with E-state index in [2.05, 4.69) is 5.32 Å². The summed E-state index contributed by atoms with van der Waals surface area (Å²) in [5.41, 5.74) is 6.46. The molecule has 90 valence electrons. The number of aliphatic hydroxyl groups is 1. The summed E-state index contributed by atoms with van der Waals surface area (Å²) < 4.78 is 10.3. The SMILES string of the molecule is COc1ccc(NCC(N)CO)cc1OC. The zero-order valence-corrected chi connectivity index (χ0v) is 9.56. The average Bonchev–Trinajstić information content (AvgIpc) is 2.35. The summed E-state index contributed by atoms with van der Waals surface area (Å²) in [4.78, 5) is 0. The van der Waals surface area contributed by atoms with E-state index in [1.54, 1.807) is 14.2 Å². The van der Waals surface area contributed by atoms with Gasteiger partial charge in [0.1, 0.15) is 0 Å². The maximum absolute atomic E-state index is 8.79. The van der Waals surface area contributed by atoms with Crippen molar-refractivity contribution in [2.45, 2.75) is 6.04 Å². The Morgan fingerprint density at radius 3 is 2.56 bits per heavy atom. The summed E-state index contributed by atoms with van der Waals surface area (Å²) in [6.07, 6.45) is 0. The number of benzene rings is 1. The molecule has 16 heavy (non-hydrogen) atoms. The standard InChI is InChI=1S/C11H18N2O3/c1-15-10-4-3-9(5-11(10)16-2)13-6-8(12)7-14/h3-5,8,13-14H,6-7,12H2,1-2H3. The van der Waals surface area contributed by atoms with E-state index in [9.17, 15) is 0 Å².